The number of rotatable bonds is 4. The number of hydrogen-bond donors (Lipinski definition) is 0. The largest absolute Gasteiger partial charge is 0.465 e. The molecule has 0 saturated carbocycles. The van der Waals surface area contributed by atoms with Crippen molar-refractivity contribution in [2.24, 2.45) is 0 Å². The summed E-state index contributed by atoms with van der Waals surface area (Å²) in [7, 11) is 1.38. The van der Waals surface area contributed by atoms with E-state index in [1.54, 1.807) is 17.0 Å². The molecular weight excluding hydrogens is 418 g/mol. The average molecular weight is 448 g/mol. The van der Waals surface area contributed by atoms with Crippen LogP contribution in [0.5, 0.6) is 0 Å². The minimum absolute atomic E-state index is 0.289. The maximum absolute atomic E-state index is 12.4. The molecular formula is C26H29N3O4. The second kappa shape index (κ2) is 9.10. The topological polar surface area (TPSA) is 73.7 Å². The van der Waals surface area contributed by atoms with E-state index in [1.165, 1.54) is 7.11 Å². The van der Waals surface area contributed by atoms with Crippen molar-refractivity contribution >= 4 is 28.5 Å². The Balaban J connectivity index is 1.57. The number of methoxy groups -OCH3 is 1. The predicted octanol–water partition coefficient (Wildman–Crippen LogP) is 4.90. The van der Waals surface area contributed by atoms with Crippen molar-refractivity contribution in [2.75, 3.05) is 20.2 Å². The smallest absolute Gasteiger partial charge is 0.410 e. The number of benzene rings is 1. The fourth-order valence-electron chi connectivity index (χ4n) is 3.95. The molecule has 0 aliphatic carbocycles. The van der Waals surface area contributed by atoms with Gasteiger partial charge < -0.3 is 18.9 Å². The lowest BCUT2D eigenvalue weighted by molar-refractivity contribution is 0.0270. The maximum Gasteiger partial charge on any atom is 0.410 e. The second-order valence-electron chi connectivity index (χ2n) is 9.14. The van der Waals surface area contributed by atoms with E-state index in [9.17, 15) is 9.59 Å². The van der Waals surface area contributed by atoms with Gasteiger partial charge in [-0.2, -0.15) is 0 Å². The summed E-state index contributed by atoms with van der Waals surface area (Å²) in [5.41, 5.74) is 4.22. The molecule has 172 valence electrons. The van der Waals surface area contributed by atoms with Crippen molar-refractivity contribution in [1.82, 2.24) is 14.5 Å². The lowest BCUT2D eigenvalue weighted by Gasteiger charge is -2.29. The van der Waals surface area contributed by atoms with E-state index in [4.69, 9.17) is 14.5 Å². The van der Waals surface area contributed by atoms with Crippen LogP contribution in [-0.2, 0) is 16.0 Å². The Kier molecular flexibility index (Phi) is 6.22. The Morgan fingerprint density at radius 1 is 1.09 bits per heavy atom. The quantitative estimate of drug-likeness (QED) is 0.532. The first-order valence-electron chi connectivity index (χ1n) is 11.0. The van der Waals surface area contributed by atoms with Gasteiger partial charge in [0, 0.05) is 37.4 Å². The van der Waals surface area contributed by atoms with Gasteiger partial charge >= 0.3 is 12.1 Å². The molecule has 7 nitrogen and oxygen atoms in total. The highest BCUT2D eigenvalue weighted by Crippen LogP contribution is 2.29. The van der Waals surface area contributed by atoms with Gasteiger partial charge in [0.25, 0.3) is 0 Å². The number of ether oxygens (including phenoxy) is 2. The first-order chi connectivity index (χ1) is 15.7. The third-order valence-electron chi connectivity index (χ3n) is 5.57. The molecule has 0 fully saturated rings. The molecule has 0 radical (unpaired) electrons. The van der Waals surface area contributed by atoms with Gasteiger partial charge in [0.2, 0.25) is 0 Å². The first kappa shape index (κ1) is 22.6. The van der Waals surface area contributed by atoms with Crippen LogP contribution in [0.4, 0.5) is 4.79 Å². The molecule has 0 bridgehead atoms. The van der Waals surface area contributed by atoms with E-state index in [1.807, 2.05) is 45.2 Å². The number of amides is 1. The van der Waals surface area contributed by atoms with E-state index in [-0.39, 0.29) is 12.1 Å². The standard InChI is InChI=1S/C26H29N3O4/c1-26(2,3)33-25(31)28-14-10-19(11-15-28)22-23-20(9-13-27-22)12-16-29(23)17-18-5-7-21(8-6-18)24(30)32-4/h5-10,12-13,16H,11,14-15,17H2,1-4H3. The third kappa shape index (κ3) is 5.08. The van der Waals surface area contributed by atoms with Crippen LogP contribution in [0.15, 0.2) is 54.9 Å². The molecule has 1 aromatic carbocycles. The van der Waals surface area contributed by atoms with Crippen LogP contribution in [0.25, 0.3) is 16.5 Å². The zero-order valence-electron chi connectivity index (χ0n) is 19.5. The molecule has 0 spiro atoms. The molecule has 0 atom stereocenters. The molecule has 3 aromatic rings. The molecule has 33 heavy (non-hydrogen) atoms. The van der Waals surface area contributed by atoms with Gasteiger partial charge in [0.1, 0.15) is 5.60 Å². The van der Waals surface area contributed by atoms with Crippen molar-refractivity contribution in [3.8, 4) is 0 Å². The van der Waals surface area contributed by atoms with Gasteiger partial charge in [-0.15, -0.1) is 0 Å². The highest BCUT2D eigenvalue weighted by molar-refractivity contribution is 5.91. The van der Waals surface area contributed by atoms with Gasteiger partial charge in [-0.05, 0) is 62.6 Å². The second-order valence-corrected chi connectivity index (χ2v) is 9.14. The SMILES string of the molecule is COC(=O)c1ccc(Cn2ccc3ccnc(C4=CCN(C(=O)OC(C)(C)C)CC4)c32)cc1. The normalized spacial score (nSPS) is 14.2. The Bertz CT molecular complexity index is 1200. The van der Waals surface area contributed by atoms with E-state index >= 15 is 0 Å². The summed E-state index contributed by atoms with van der Waals surface area (Å²) in [5, 5.41) is 1.11. The monoisotopic (exact) mass is 447 g/mol. The molecule has 0 N–H and O–H groups in total. The minimum Gasteiger partial charge on any atom is -0.465 e. The molecule has 0 saturated heterocycles. The average Bonchev–Trinajstić information content (AvgIpc) is 3.21. The van der Waals surface area contributed by atoms with Crippen molar-refractivity contribution in [3.63, 3.8) is 0 Å². The Morgan fingerprint density at radius 2 is 1.85 bits per heavy atom. The van der Waals surface area contributed by atoms with Gasteiger partial charge in [-0.3, -0.25) is 4.98 Å². The predicted molar refractivity (Wildman–Crippen MR) is 127 cm³/mol. The van der Waals surface area contributed by atoms with Crippen LogP contribution < -0.4 is 0 Å². The van der Waals surface area contributed by atoms with Gasteiger partial charge in [-0.1, -0.05) is 18.2 Å². The fraction of sp³-hybridized carbons (Fsp3) is 0.346. The van der Waals surface area contributed by atoms with Crippen LogP contribution in [0.1, 0.15) is 48.8 Å². The van der Waals surface area contributed by atoms with E-state index in [2.05, 4.69) is 22.9 Å². The number of pyridine rings is 1. The van der Waals surface area contributed by atoms with Gasteiger partial charge in [0.15, 0.2) is 0 Å². The number of esters is 1. The Hall–Kier alpha value is -3.61. The summed E-state index contributed by atoms with van der Waals surface area (Å²) in [6, 6.07) is 11.5. The lowest BCUT2D eigenvalue weighted by Crippen LogP contribution is -2.39. The summed E-state index contributed by atoms with van der Waals surface area (Å²) >= 11 is 0. The third-order valence-corrected chi connectivity index (χ3v) is 5.57. The molecule has 0 unspecified atom stereocenters. The maximum atomic E-state index is 12.4. The molecule has 4 rings (SSSR count). The molecule has 7 heteroatoms. The van der Waals surface area contributed by atoms with Crippen LogP contribution in [0.3, 0.4) is 0 Å². The fourth-order valence-corrected chi connectivity index (χ4v) is 3.95. The van der Waals surface area contributed by atoms with Crippen LogP contribution in [0, 0.1) is 0 Å². The molecule has 1 amide bonds. The highest BCUT2D eigenvalue weighted by atomic mass is 16.6. The van der Waals surface area contributed by atoms with Crippen LogP contribution in [0.2, 0.25) is 0 Å². The van der Waals surface area contributed by atoms with E-state index in [0.29, 0.717) is 31.6 Å². The van der Waals surface area contributed by atoms with Crippen molar-refractivity contribution < 1.29 is 19.1 Å². The summed E-state index contributed by atoms with van der Waals surface area (Å²) in [6.45, 7) is 7.36. The van der Waals surface area contributed by atoms with Gasteiger partial charge in [-0.25, -0.2) is 9.59 Å². The highest BCUT2D eigenvalue weighted by Gasteiger charge is 2.25. The number of nitrogens with zero attached hydrogens (tertiary/aromatic N) is 3. The molecule has 1 aliphatic rings. The molecule has 3 heterocycles. The number of hydrogen-bond acceptors (Lipinski definition) is 5. The summed E-state index contributed by atoms with van der Waals surface area (Å²) in [5.74, 6) is -0.343. The first-order valence-corrected chi connectivity index (χ1v) is 11.0. The zero-order chi connectivity index (χ0) is 23.6. The van der Waals surface area contributed by atoms with Crippen LogP contribution in [-0.4, -0.2) is 52.3 Å². The summed E-state index contributed by atoms with van der Waals surface area (Å²) in [6.07, 6.45) is 6.37. The minimum atomic E-state index is -0.510. The number of carbonyl (C=O) groups is 2. The van der Waals surface area contributed by atoms with Crippen LogP contribution >= 0.6 is 0 Å². The number of carbonyl (C=O) groups excluding carboxylic acids is 2. The van der Waals surface area contributed by atoms with Gasteiger partial charge in [0.05, 0.1) is 23.9 Å². The Labute approximate surface area is 193 Å². The molecule has 2 aromatic heterocycles. The van der Waals surface area contributed by atoms with Crippen molar-refractivity contribution in [2.45, 2.75) is 39.3 Å². The van der Waals surface area contributed by atoms with E-state index in [0.717, 1.165) is 27.7 Å². The lowest BCUT2D eigenvalue weighted by atomic mass is 10.0. The number of fused-ring (bicyclic) bond motifs is 1. The summed E-state index contributed by atoms with van der Waals surface area (Å²) in [4.78, 5) is 30.5. The zero-order valence-corrected chi connectivity index (χ0v) is 19.5. The van der Waals surface area contributed by atoms with Crippen molar-refractivity contribution in [3.05, 3.63) is 71.7 Å². The van der Waals surface area contributed by atoms with E-state index < -0.39 is 5.60 Å². The Morgan fingerprint density at radius 3 is 2.48 bits per heavy atom. The number of aromatic nitrogens is 2. The summed E-state index contributed by atoms with van der Waals surface area (Å²) < 4.78 is 12.5. The molecule has 1 aliphatic heterocycles. The van der Waals surface area contributed by atoms with Crippen molar-refractivity contribution in [1.29, 1.82) is 0 Å².